The first kappa shape index (κ1) is 24.2. The highest BCUT2D eigenvalue weighted by molar-refractivity contribution is 6.33. The summed E-state index contributed by atoms with van der Waals surface area (Å²) in [5.41, 5.74) is 2.01. The van der Waals surface area contributed by atoms with E-state index in [1.807, 2.05) is 13.0 Å². The van der Waals surface area contributed by atoms with Crippen LogP contribution >= 0.6 is 11.6 Å². The van der Waals surface area contributed by atoms with Crippen LogP contribution in [0.4, 0.5) is 0 Å². The van der Waals surface area contributed by atoms with Crippen molar-refractivity contribution in [2.45, 2.75) is 13.8 Å². The van der Waals surface area contributed by atoms with Crippen molar-refractivity contribution < 1.29 is 28.2 Å². The molecule has 4 aromatic rings. The van der Waals surface area contributed by atoms with Gasteiger partial charge >= 0.3 is 5.97 Å². The minimum atomic E-state index is -0.811. The van der Waals surface area contributed by atoms with Gasteiger partial charge in [-0.2, -0.15) is 0 Å². The van der Waals surface area contributed by atoms with E-state index < -0.39 is 11.4 Å². The summed E-state index contributed by atoms with van der Waals surface area (Å²) < 4.78 is 27.8. The largest absolute Gasteiger partial charge is 0.493 e. The number of hydrogen-bond acceptors (Lipinski definition) is 7. The number of carbonyl (C=O) groups excluding carboxylic acids is 1. The molecule has 35 heavy (non-hydrogen) atoms. The van der Waals surface area contributed by atoms with E-state index in [1.54, 1.807) is 37.3 Å². The molecule has 0 atom stereocenters. The number of fused-ring (bicyclic) bond motifs is 1. The Morgan fingerprint density at radius 1 is 0.886 bits per heavy atom. The molecule has 0 saturated heterocycles. The van der Waals surface area contributed by atoms with E-state index in [2.05, 4.69) is 0 Å². The molecule has 0 bridgehead atoms. The normalized spacial score (nSPS) is 10.8. The Morgan fingerprint density at radius 2 is 1.54 bits per heavy atom. The maximum Gasteiger partial charge on any atom is 0.344 e. The lowest BCUT2D eigenvalue weighted by molar-refractivity contribution is 0.0730. The number of carbonyl (C=O) groups is 1. The summed E-state index contributed by atoms with van der Waals surface area (Å²) in [5, 5.41) is 0.656. The molecule has 4 rings (SSSR count). The van der Waals surface area contributed by atoms with Crippen LogP contribution in [0.2, 0.25) is 5.02 Å². The molecule has 8 heteroatoms. The smallest absolute Gasteiger partial charge is 0.344 e. The van der Waals surface area contributed by atoms with E-state index in [0.717, 1.165) is 5.56 Å². The second-order valence-electron chi connectivity index (χ2n) is 7.83. The minimum Gasteiger partial charge on any atom is -0.493 e. The zero-order chi connectivity index (χ0) is 25.3. The van der Waals surface area contributed by atoms with Crippen LogP contribution in [0.1, 0.15) is 21.5 Å². The average Bonchev–Trinajstić information content (AvgIpc) is 2.84. The fourth-order valence-electron chi connectivity index (χ4n) is 3.94. The first-order chi connectivity index (χ1) is 16.8. The highest BCUT2D eigenvalue weighted by atomic mass is 35.5. The van der Waals surface area contributed by atoms with Gasteiger partial charge in [0.05, 0.1) is 37.3 Å². The summed E-state index contributed by atoms with van der Waals surface area (Å²) >= 11 is 6.41. The highest BCUT2D eigenvalue weighted by Crippen LogP contribution is 2.40. The molecule has 180 valence electrons. The maximum absolute atomic E-state index is 13.6. The summed E-state index contributed by atoms with van der Waals surface area (Å²) in [7, 11) is 4.33. The molecule has 0 saturated carbocycles. The molecule has 7 nitrogen and oxygen atoms in total. The Hall–Kier alpha value is -3.97. The van der Waals surface area contributed by atoms with Crippen molar-refractivity contribution in [3.63, 3.8) is 0 Å². The minimum absolute atomic E-state index is 0.0545. The van der Waals surface area contributed by atoms with Gasteiger partial charge in [-0.3, -0.25) is 4.79 Å². The number of halogens is 1. The number of rotatable bonds is 6. The number of esters is 1. The van der Waals surface area contributed by atoms with Crippen LogP contribution in [0.15, 0.2) is 57.7 Å². The van der Waals surface area contributed by atoms with E-state index in [1.165, 1.54) is 33.5 Å². The summed E-state index contributed by atoms with van der Waals surface area (Å²) in [6, 6.07) is 13.3. The third-order valence-corrected chi connectivity index (χ3v) is 5.84. The number of hydrogen-bond donors (Lipinski definition) is 0. The summed E-state index contributed by atoms with van der Waals surface area (Å²) in [6.07, 6.45) is 0. The van der Waals surface area contributed by atoms with Crippen molar-refractivity contribution in [3.05, 3.63) is 80.5 Å². The molecule has 0 aliphatic rings. The predicted octanol–water partition coefficient (Wildman–Crippen LogP) is 5.98. The Kier molecular flexibility index (Phi) is 6.71. The van der Waals surface area contributed by atoms with Gasteiger partial charge in [0, 0.05) is 5.56 Å². The molecule has 0 unspecified atom stereocenters. The molecular weight excluding hydrogens is 472 g/mol. The standard InChI is InChI=1S/C27H23ClO7/c1-14-10-15(2)22-19(11-14)34-24(17-8-6-7-9-18(17)28)26(23(22)29)35-27(30)16-12-20(31-3)25(33-5)21(13-16)32-4/h6-13H,1-5H3. The lowest BCUT2D eigenvalue weighted by Crippen LogP contribution is -2.17. The summed E-state index contributed by atoms with van der Waals surface area (Å²) in [5.74, 6) is -0.173. The van der Waals surface area contributed by atoms with Crippen molar-refractivity contribution in [1.29, 1.82) is 0 Å². The Morgan fingerprint density at radius 3 is 2.14 bits per heavy atom. The molecule has 0 radical (unpaired) electrons. The van der Waals surface area contributed by atoms with Gasteiger partial charge in [-0.1, -0.05) is 29.8 Å². The van der Waals surface area contributed by atoms with E-state index >= 15 is 0 Å². The number of methoxy groups -OCH3 is 3. The zero-order valence-electron chi connectivity index (χ0n) is 19.9. The van der Waals surface area contributed by atoms with Crippen LogP contribution in [-0.4, -0.2) is 27.3 Å². The van der Waals surface area contributed by atoms with Crippen LogP contribution in [0.25, 0.3) is 22.3 Å². The van der Waals surface area contributed by atoms with Gasteiger partial charge in [0.15, 0.2) is 17.3 Å². The molecule has 0 spiro atoms. The third-order valence-electron chi connectivity index (χ3n) is 5.51. The average molecular weight is 495 g/mol. The predicted molar refractivity (Wildman–Crippen MR) is 133 cm³/mol. The molecule has 0 aliphatic carbocycles. The van der Waals surface area contributed by atoms with Crippen molar-refractivity contribution in [2.24, 2.45) is 0 Å². The van der Waals surface area contributed by atoms with E-state index in [9.17, 15) is 9.59 Å². The van der Waals surface area contributed by atoms with Gasteiger partial charge in [0.25, 0.3) is 0 Å². The lowest BCUT2D eigenvalue weighted by Gasteiger charge is -2.15. The quantitative estimate of drug-likeness (QED) is 0.305. The Balaban J connectivity index is 1.93. The van der Waals surface area contributed by atoms with Crippen molar-refractivity contribution in [2.75, 3.05) is 21.3 Å². The topological polar surface area (TPSA) is 84.2 Å². The first-order valence-corrected chi connectivity index (χ1v) is 11.0. The van der Waals surface area contributed by atoms with E-state index in [-0.39, 0.29) is 28.6 Å². The second kappa shape index (κ2) is 9.72. The van der Waals surface area contributed by atoms with Gasteiger partial charge in [-0.15, -0.1) is 0 Å². The Labute approximate surface area is 206 Å². The van der Waals surface area contributed by atoms with Crippen LogP contribution < -0.4 is 24.4 Å². The molecule has 0 amide bonds. The van der Waals surface area contributed by atoms with Crippen LogP contribution in [0.3, 0.4) is 0 Å². The molecule has 0 aliphatic heterocycles. The third kappa shape index (κ3) is 4.42. The van der Waals surface area contributed by atoms with Crippen LogP contribution in [-0.2, 0) is 0 Å². The fourth-order valence-corrected chi connectivity index (χ4v) is 4.16. The van der Waals surface area contributed by atoms with E-state index in [4.69, 9.17) is 35.0 Å². The van der Waals surface area contributed by atoms with Crippen LogP contribution in [0, 0.1) is 13.8 Å². The monoisotopic (exact) mass is 494 g/mol. The summed E-state index contributed by atoms with van der Waals surface area (Å²) in [6.45, 7) is 3.70. The molecule has 3 aromatic carbocycles. The molecule has 1 aromatic heterocycles. The van der Waals surface area contributed by atoms with Gasteiger partial charge < -0.3 is 23.4 Å². The van der Waals surface area contributed by atoms with Crippen molar-refractivity contribution in [1.82, 2.24) is 0 Å². The number of benzene rings is 3. The van der Waals surface area contributed by atoms with Crippen LogP contribution in [0.5, 0.6) is 23.0 Å². The second-order valence-corrected chi connectivity index (χ2v) is 8.23. The maximum atomic E-state index is 13.6. The molecule has 0 N–H and O–H groups in total. The van der Waals surface area contributed by atoms with Gasteiger partial charge in [0.1, 0.15) is 5.58 Å². The van der Waals surface area contributed by atoms with Crippen molar-refractivity contribution >= 4 is 28.5 Å². The van der Waals surface area contributed by atoms with Gasteiger partial charge in [0.2, 0.25) is 16.9 Å². The molecular formula is C27H23ClO7. The number of aryl methyl sites for hydroxylation is 2. The lowest BCUT2D eigenvalue weighted by atomic mass is 10.0. The Bertz CT molecular complexity index is 1480. The SMILES string of the molecule is COc1cc(C(=O)Oc2c(-c3ccccc3Cl)oc3cc(C)cc(C)c3c2=O)cc(OC)c1OC. The summed E-state index contributed by atoms with van der Waals surface area (Å²) in [4.78, 5) is 26.9. The molecule has 1 heterocycles. The van der Waals surface area contributed by atoms with Gasteiger partial charge in [-0.05, 0) is 55.3 Å². The highest BCUT2D eigenvalue weighted by Gasteiger charge is 2.25. The number of ether oxygens (including phenoxy) is 4. The van der Waals surface area contributed by atoms with Gasteiger partial charge in [-0.25, -0.2) is 4.79 Å². The molecule has 0 fully saturated rings. The first-order valence-electron chi connectivity index (χ1n) is 10.6. The fraction of sp³-hybridized carbons (Fsp3) is 0.185. The van der Waals surface area contributed by atoms with Crippen molar-refractivity contribution in [3.8, 4) is 34.3 Å². The van der Waals surface area contributed by atoms with E-state index in [0.29, 0.717) is 32.9 Å². The zero-order valence-corrected chi connectivity index (χ0v) is 20.6.